The Bertz CT molecular complexity index is 501. The van der Waals surface area contributed by atoms with Gasteiger partial charge in [0.2, 0.25) is 0 Å². The van der Waals surface area contributed by atoms with Crippen LogP contribution in [0.25, 0.3) is 0 Å². The molecule has 1 aliphatic carbocycles. The molecule has 6 heteroatoms. The standard InChI is InChI=1S/C15H21N3O2S/c1-11-5-4-8-13(9-11)20-10-14(19)17-18-15(21)16-12-6-2-3-7-12/h4-5,8-9,12H,2-3,6-7,10H2,1H3,(H,17,19)(H2,16,18,21). The summed E-state index contributed by atoms with van der Waals surface area (Å²) < 4.78 is 5.40. The van der Waals surface area contributed by atoms with Crippen molar-refractivity contribution in [3.05, 3.63) is 29.8 Å². The second-order valence-corrected chi connectivity index (χ2v) is 5.64. The van der Waals surface area contributed by atoms with Gasteiger partial charge in [0.1, 0.15) is 5.75 Å². The van der Waals surface area contributed by atoms with Crippen molar-refractivity contribution in [2.45, 2.75) is 38.6 Å². The third-order valence-electron chi connectivity index (χ3n) is 3.37. The zero-order chi connectivity index (χ0) is 15.1. The molecule has 21 heavy (non-hydrogen) atoms. The minimum absolute atomic E-state index is 0.0531. The summed E-state index contributed by atoms with van der Waals surface area (Å²) in [6.45, 7) is 1.92. The molecular formula is C15H21N3O2S. The molecule has 3 N–H and O–H groups in total. The Hall–Kier alpha value is -1.82. The van der Waals surface area contributed by atoms with E-state index in [0.717, 1.165) is 18.4 Å². The Morgan fingerprint density at radius 2 is 2.10 bits per heavy atom. The molecule has 1 aliphatic rings. The van der Waals surface area contributed by atoms with E-state index in [4.69, 9.17) is 17.0 Å². The van der Waals surface area contributed by atoms with Gasteiger partial charge >= 0.3 is 0 Å². The minimum Gasteiger partial charge on any atom is -0.484 e. The monoisotopic (exact) mass is 307 g/mol. The maximum Gasteiger partial charge on any atom is 0.276 e. The second kappa shape index (κ2) is 7.83. The molecular weight excluding hydrogens is 286 g/mol. The summed E-state index contributed by atoms with van der Waals surface area (Å²) in [6.07, 6.45) is 4.73. The zero-order valence-electron chi connectivity index (χ0n) is 12.1. The van der Waals surface area contributed by atoms with Gasteiger partial charge in [-0.25, -0.2) is 0 Å². The van der Waals surface area contributed by atoms with Crippen molar-refractivity contribution < 1.29 is 9.53 Å². The van der Waals surface area contributed by atoms with E-state index in [1.807, 2.05) is 31.2 Å². The Kier molecular flexibility index (Phi) is 5.80. The Morgan fingerprint density at radius 3 is 2.81 bits per heavy atom. The predicted octanol–water partition coefficient (Wildman–Crippen LogP) is 1.81. The molecule has 0 atom stereocenters. The normalized spacial score (nSPS) is 14.5. The van der Waals surface area contributed by atoms with E-state index >= 15 is 0 Å². The molecule has 0 unspecified atom stereocenters. The summed E-state index contributed by atoms with van der Waals surface area (Å²) >= 11 is 5.13. The van der Waals surface area contributed by atoms with Gasteiger partial charge in [-0.15, -0.1) is 0 Å². The lowest BCUT2D eigenvalue weighted by Crippen LogP contribution is -2.50. The SMILES string of the molecule is Cc1cccc(OCC(=O)NNC(=S)NC2CCCC2)c1. The Labute approximate surface area is 130 Å². The van der Waals surface area contributed by atoms with Crippen molar-refractivity contribution in [2.24, 2.45) is 0 Å². The molecule has 1 saturated carbocycles. The molecule has 0 aliphatic heterocycles. The van der Waals surface area contributed by atoms with Crippen molar-refractivity contribution in [2.75, 3.05) is 6.61 Å². The fourth-order valence-corrected chi connectivity index (χ4v) is 2.53. The molecule has 0 radical (unpaired) electrons. The average Bonchev–Trinajstić information content (AvgIpc) is 2.96. The highest BCUT2D eigenvalue weighted by atomic mass is 32.1. The van der Waals surface area contributed by atoms with Gasteiger partial charge in [0.15, 0.2) is 11.7 Å². The molecule has 0 saturated heterocycles. The van der Waals surface area contributed by atoms with Gasteiger partial charge in [-0.05, 0) is 49.7 Å². The molecule has 0 heterocycles. The Morgan fingerprint density at radius 1 is 1.33 bits per heavy atom. The highest BCUT2D eigenvalue weighted by Gasteiger charge is 2.15. The number of rotatable bonds is 4. The van der Waals surface area contributed by atoms with Crippen LogP contribution in [-0.2, 0) is 4.79 Å². The highest BCUT2D eigenvalue weighted by molar-refractivity contribution is 7.80. The number of hydrazine groups is 1. The summed E-state index contributed by atoms with van der Waals surface area (Å²) in [5.74, 6) is 0.406. The third kappa shape index (κ3) is 5.59. The lowest BCUT2D eigenvalue weighted by Gasteiger charge is -2.16. The maximum absolute atomic E-state index is 11.7. The minimum atomic E-state index is -0.271. The maximum atomic E-state index is 11.7. The van der Waals surface area contributed by atoms with E-state index < -0.39 is 0 Å². The summed E-state index contributed by atoms with van der Waals surface area (Å²) in [7, 11) is 0. The lowest BCUT2D eigenvalue weighted by molar-refractivity contribution is -0.123. The average molecular weight is 307 g/mol. The van der Waals surface area contributed by atoms with Crippen LogP contribution in [0.3, 0.4) is 0 Å². The number of amides is 1. The molecule has 1 aromatic carbocycles. The van der Waals surface area contributed by atoms with Gasteiger partial charge < -0.3 is 10.1 Å². The third-order valence-corrected chi connectivity index (χ3v) is 3.59. The van der Waals surface area contributed by atoms with Crippen LogP contribution in [0.1, 0.15) is 31.2 Å². The Balaban J connectivity index is 1.64. The number of aryl methyl sites for hydroxylation is 1. The van der Waals surface area contributed by atoms with E-state index in [2.05, 4.69) is 16.2 Å². The van der Waals surface area contributed by atoms with Crippen LogP contribution in [0.4, 0.5) is 0 Å². The van der Waals surface area contributed by atoms with E-state index in [0.29, 0.717) is 16.9 Å². The number of ether oxygens (including phenoxy) is 1. The van der Waals surface area contributed by atoms with Crippen LogP contribution >= 0.6 is 12.2 Å². The molecule has 1 aromatic rings. The van der Waals surface area contributed by atoms with Crippen LogP contribution in [-0.4, -0.2) is 23.7 Å². The summed E-state index contributed by atoms with van der Waals surface area (Å²) in [6, 6.07) is 7.99. The van der Waals surface area contributed by atoms with E-state index in [1.54, 1.807) is 0 Å². The first-order valence-electron chi connectivity index (χ1n) is 7.18. The molecule has 0 aromatic heterocycles. The van der Waals surface area contributed by atoms with Crippen LogP contribution < -0.4 is 20.9 Å². The molecule has 1 fully saturated rings. The van der Waals surface area contributed by atoms with Crippen LogP contribution in [0.2, 0.25) is 0 Å². The smallest absolute Gasteiger partial charge is 0.276 e. The van der Waals surface area contributed by atoms with Crippen LogP contribution in [0.15, 0.2) is 24.3 Å². The van der Waals surface area contributed by atoms with Gasteiger partial charge in [0.05, 0.1) is 0 Å². The number of hydrogen-bond donors (Lipinski definition) is 3. The van der Waals surface area contributed by atoms with Crippen molar-refractivity contribution in [3.63, 3.8) is 0 Å². The van der Waals surface area contributed by atoms with Gasteiger partial charge in [-0.3, -0.25) is 15.6 Å². The fourth-order valence-electron chi connectivity index (χ4n) is 2.31. The predicted molar refractivity (Wildman–Crippen MR) is 85.9 cm³/mol. The molecule has 5 nitrogen and oxygen atoms in total. The first kappa shape index (κ1) is 15.6. The summed E-state index contributed by atoms with van der Waals surface area (Å²) in [5, 5.41) is 3.63. The highest BCUT2D eigenvalue weighted by Crippen LogP contribution is 2.17. The number of benzene rings is 1. The van der Waals surface area contributed by atoms with Gasteiger partial charge in [-0.2, -0.15) is 0 Å². The molecule has 114 valence electrons. The van der Waals surface area contributed by atoms with E-state index in [9.17, 15) is 4.79 Å². The largest absolute Gasteiger partial charge is 0.484 e. The fraction of sp³-hybridized carbons (Fsp3) is 0.467. The molecule has 0 spiro atoms. The summed E-state index contributed by atoms with van der Waals surface area (Å²) in [4.78, 5) is 11.7. The summed E-state index contributed by atoms with van der Waals surface area (Å²) in [5.41, 5.74) is 6.31. The number of nitrogens with one attached hydrogen (secondary N) is 3. The van der Waals surface area contributed by atoms with E-state index in [1.165, 1.54) is 12.8 Å². The first-order valence-corrected chi connectivity index (χ1v) is 7.59. The van der Waals surface area contributed by atoms with Gasteiger partial charge in [0.25, 0.3) is 5.91 Å². The van der Waals surface area contributed by atoms with E-state index in [-0.39, 0.29) is 12.5 Å². The van der Waals surface area contributed by atoms with Gasteiger partial charge in [-0.1, -0.05) is 25.0 Å². The van der Waals surface area contributed by atoms with Crippen molar-refractivity contribution in [3.8, 4) is 5.75 Å². The second-order valence-electron chi connectivity index (χ2n) is 5.23. The van der Waals surface area contributed by atoms with Crippen molar-refractivity contribution in [1.29, 1.82) is 0 Å². The number of thiocarbonyl (C=S) groups is 1. The topological polar surface area (TPSA) is 62.4 Å². The first-order chi connectivity index (χ1) is 10.1. The van der Waals surface area contributed by atoms with Crippen LogP contribution in [0, 0.1) is 6.92 Å². The van der Waals surface area contributed by atoms with Crippen LogP contribution in [0.5, 0.6) is 5.75 Å². The lowest BCUT2D eigenvalue weighted by atomic mass is 10.2. The number of carbonyl (C=O) groups is 1. The van der Waals surface area contributed by atoms with Gasteiger partial charge in [0, 0.05) is 6.04 Å². The quantitative estimate of drug-likeness (QED) is 0.585. The molecule has 2 rings (SSSR count). The van der Waals surface area contributed by atoms with Crippen molar-refractivity contribution >= 4 is 23.2 Å². The number of hydrogen-bond acceptors (Lipinski definition) is 3. The molecule has 1 amide bonds. The zero-order valence-corrected chi connectivity index (χ0v) is 13.0. The van der Waals surface area contributed by atoms with Crippen molar-refractivity contribution in [1.82, 2.24) is 16.2 Å². The number of carbonyl (C=O) groups excluding carboxylic acids is 1. The molecule has 0 bridgehead atoms.